The van der Waals surface area contributed by atoms with Gasteiger partial charge in [0.2, 0.25) is 5.91 Å². The van der Waals surface area contributed by atoms with E-state index in [2.05, 4.69) is 10.3 Å². The Morgan fingerprint density at radius 1 is 1.24 bits per heavy atom. The molecule has 1 saturated heterocycles. The molecule has 3 nitrogen and oxygen atoms in total. The first-order chi connectivity index (χ1) is 9.79. The zero-order valence-corrected chi connectivity index (χ0v) is 12.3. The summed E-state index contributed by atoms with van der Waals surface area (Å²) in [7, 11) is 0. The molecule has 114 valence electrons. The van der Waals surface area contributed by atoms with Crippen molar-refractivity contribution in [3.05, 3.63) is 35.9 Å². The lowest BCUT2D eigenvalue weighted by Gasteiger charge is -2.17. The van der Waals surface area contributed by atoms with Crippen LogP contribution in [0.1, 0.15) is 25.5 Å². The highest BCUT2D eigenvalue weighted by Gasteiger charge is 2.42. The standard InChI is InChI=1S/C14H15F3N2OS/c1-8(2)10-12(20)19-13(21-10)18-11(14(15,16)17)9-6-4-3-5-7-9/h3-8,10-11H,1-2H3,(H,18,19,20)/t10-,11+/m0/s1. The van der Waals surface area contributed by atoms with E-state index in [0.717, 1.165) is 11.8 Å². The van der Waals surface area contributed by atoms with Gasteiger partial charge < -0.3 is 5.32 Å². The minimum absolute atomic E-state index is 0.0313. The van der Waals surface area contributed by atoms with Gasteiger partial charge in [-0.2, -0.15) is 13.2 Å². The zero-order valence-electron chi connectivity index (χ0n) is 11.5. The Bertz CT molecular complexity index is 543. The summed E-state index contributed by atoms with van der Waals surface area (Å²) in [6.45, 7) is 3.69. The third-order valence-corrected chi connectivity index (χ3v) is 4.45. The molecule has 1 aliphatic rings. The topological polar surface area (TPSA) is 41.5 Å². The van der Waals surface area contributed by atoms with E-state index in [-0.39, 0.29) is 22.6 Å². The van der Waals surface area contributed by atoms with Crippen molar-refractivity contribution in [2.24, 2.45) is 10.9 Å². The summed E-state index contributed by atoms with van der Waals surface area (Å²) < 4.78 is 39.5. The Morgan fingerprint density at radius 3 is 2.33 bits per heavy atom. The number of alkyl halides is 3. The summed E-state index contributed by atoms with van der Waals surface area (Å²) in [5.74, 6) is -0.258. The van der Waals surface area contributed by atoms with Gasteiger partial charge >= 0.3 is 6.18 Å². The minimum Gasteiger partial charge on any atom is -0.304 e. The van der Waals surface area contributed by atoms with Crippen LogP contribution in [0.3, 0.4) is 0 Å². The van der Waals surface area contributed by atoms with Gasteiger partial charge in [-0.1, -0.05) is 55.9 Å². The van der Waals surface area contributed by atoms with Crippen molar-refractivity contribution >= 4 is 22.8 Å². The maximum absolute atomic E-state index is 13.2. The van der Waals surface area contributed by atoms with Gasteiger partial charge in [0.1, 0.15) is 0 Å². The predicted molar refractivity (Wildman–Crippen MR) is 77.0 cm³/mol. The van der Waals surface area contributed by atoms with E-state index in [1.807, 2.05) is 13.8 Å². The number of amidine groups is 1. The van der Waals surface area contributed by atoms with Gasteiger partial charge in [-0.25, -0.2) is 4.99 Å². The highest BCUT2D eigenvalue weighted by Crippen LogP contribution is 2.37. The van der Waals surface area contributed by atoms with Gasteiger partial charge in [0.25, 0.3) is 0 Å². The molecule has 1 fully saturated rings. The molecule has 0 unspecified atom stereocenters. The molecular weight excluding hydrogens is 301 g/mol. The number of thioether (sulfide) groups is 1. The lowest BCUT2D eigenvalue weighted by molar-refractivity contribution is -0.148. The molecule has 0 radical (unpaired) electrons. The lowest BCUT2D eigenvalue weighted by atomic mass is 10.1. The molecular formula is C14H15F3N2OS. The van der Waals surface area contributed by atoms with Gasteiger partial charge in [-0.05, 0) is 11.5 Å². The fourth-order valence-electron chi connectivity index (χ4n) is 1.97. The van der Waals surface area contributed by atoms with Gasteiger partial charge in [-0.15, -0.1) is 0 Å². The zero-order chi connectivity index (χ0) is 15.6. The Hall–Kier alpha value is -1.50. The summed E-state index contributed by atoms with van der Waals surface area (Å²) >= 11 is 1.06. The van der Waals surface area contributed by atoms with Crippen LogP contribution in [0.2, 0.25) is 0 Å². The summed E-state index contributed by atoms with van der Waals surface area (Å²) in [6, 6.07) is 5.50. The fraction of sp³-hybridized carbons (Fsp3) is 0.429. The minimum atomic E-state index is -4.50. The molecule has 1 aromatic carbocycles. The second kappa shape index (κ2) is 6.09. The molecule has 0 aromatic heterocycles. The summed E-state index contributed by atoms with van der Waals surface area (Å²) in [5, 5.41) is 2.07. The van der Waals surface area contributed by atoms with Crippen molar-refractivity contribution in [1.29, 1.82) is 0 Å². The van der Waals surface area contributed by atoms with Crippen LogP contribution in [0, 0.1) is 5.92 Å². The molecule has 21 heavy (non-hydrogen) atoms. The van der Waals surface area contributed by atoms with E-state index >= 15 is 0 Å². The normalized spacial score (nSPS) is 22.7. The van der Waals surface area contributed by atoms with E-state index in [1.165, 1.54) is 24.3 Å². The summed E-state index contributed by atoms with van der Waals surface area (Å²) in [6.07, 6.45) is -4.50. The van der Waals surface area contributed by atoms with Crippen molar-refractivity contribution in [3.8, 4) is 0 Å². The first-order valence-corrected chi connectivity index (χ1v) is 7.34. The van der Waals surface area contributed by atoms with Crippen LogP contribution in [-0.2, 0) is 4.79 Å². The summed E-state index contributed by atoms with van der Waals surface area (Å²) in [4.78, 5) is 15.4. The van der Waals surface area contributed by atoms with Crippen LogP contribution < -0.4 is 5.32 Å². The number of benzene rings is 1. The number of hydrogen-bond donors (Lipinski definition) is 1. The number of nitrogens with zero attached hydrogens (tertiary/aromatic N) is 1. The molecule has 1 N–H and O–H groups in total. The Balaban J connectivity index is 2.29. The van der Waals surface area contributed by atoms with E-state index < -0.39 is 17.5 Å². The van der Waals surface area contributed by atoms with Gasteiger partial charge in [0.15, 0.2) is 11.2 Å². The average molecular weight is 316 g/mol. The molecule has 1 aliphatic heterocycles. The molecule has 0 aliphatic carbocycles. The third kappa shape index (κ3) is 3.78. The van der Waals surface area contributed by atoms with Crippen LogP contribution in [-0.4, -0.2) is 22.5 Å². The smallest absolute Gasteiger partial charge is 0.304 e. The average Bonchev–Trinajstić information content (AvgIpc) is 2.77. The SMILES string of the molecule is CC(C)[C@@H]1SC(=N[C@H](c2ccccc2)C(F)(F)F)NC1=O. The quantitative estimate of drug-likeness (QED) is 0.927. The molecule has 0 spiro atoms. The van der Waals surface area contributed by atoms with Crippen LogP contribution >= 0.6 is 11.8 Å². The maximum atomic E-state index is 13.2. The predicted octanol–water partition coefficient (Wildman–Crippen LogP) is 3.53. The Morgan fingerprint density at radius 2 is 1.86 bits per heavy atom. The van der Waals surface area contributed by atoms with Crippen LogP contribution in [0.15, 0.2) is 35.3 Å². The molecule has 1 amide bonds. The van der Waals surface area contributed by atoms with Crippen molar-refractivity contribution in [2.75, 3.05) is 0 Å². The fourth-order valence-corrected chi connectivity index (χ4v) is 2.98. The molecule has 2 atom stereocenters. The monoisotopic (exact) mass is 316 g/mol. The van der Waals surface area contributed by atoms with E-state index in [4.69, 9.17) is 0 Å². The molecule has 1 aromatic rings. The molecule has 2 rings (SSSR count). The highest BCUT2D eigenvalue weighted by atomic mass is 32.2. The number of halogens is 3. The van der Waals surface area contributed by atoms with Gasteiger partial charge in [-0.3, -0.25) is 4.79 Å². The van der Waals surface area contributed by atoms with Crippen molar-refractivity contribution in [3.63, 3.8) is 0 Å². The second-order valence-corrected chi connectivity index (χ2v) is 6.19. The molecule has 0 saturated carbocycles. The number of carbonyl (C=O) groups is 1. The molecule has 0 bridgehead atoms. The number of rotatable bonds is 3. The second-order valence-electron chi connectivity index (χ2n) is 5.06. The number of hydrogen-bond acceptors (Lipinski definition) is 3. The first-order valence-electron chi connectivity index (χ1n) is 6.46. The van der Waals surface area contributed by atoms with E-state index in [1.54, 1.807) is 6.07 Å². The highest BCUT2D eigenvalue weighted by molar-refractivity contribution is 8.15. The van der Waals surface area contributed by atoms with Crippen LogP contribution in [0.4, 0.5) is 13.2 Å². The number of nitrogens with one attached hydrogen (secondary N) is 1. The van der Waals surface area contributed by atoms with Crippen LogP contribution in [0.5, 0.6) is 0 Å². The lowest BCUT2D eigenvalue weighted by Crippen LogP contribution is -2.28. The number of aliphatic imine (C=N–C) groups is 1. The van der Waals surface area contributed by atoms with Crippen LogP contribution in [0.25, 0.3) is 0 Å². The van der Waals surface area contributed by atoms with Crippen molar-refractivity contribution < 1.29 is 18.0 Å². The third-order valence-electron chi connectivity index (χ3n) is 3.00. The van der Waals surface area contributed by atoms with Gasteiger partial charge in [0, 0.05) is 0 Å². The van der Waals surface area contributed by atoms with E-state index in [0.29, 0.717) is 0 Å². The van der Waals surface area contributed by atoms with E-state index in [9.17, 15) is 18.0 Å². The first kappa shape index (κ1) is 15.9. The molecule has 7 heteroatoms. The van der Waals surface area contributed by atoms with Crippen molar-refractivity contribution in [2.45, 2.75) is 31.3 Å². The van der Waals surface area contributed by atoms with Crippen molar-refractivity contribution in [1.82, 2.24) is 5.32 Å². The number of carbonyl (C=O) groups excluding carboxylic acids is 1. The van der Waals surface area contributed by atoms with Gasteiger partial charge in [0.05, 0.1) is 5.25 Å². The maximum Gasteiger partial charge on any atom is 0.415 e. The Kier molecular flexibility index (Phi) is 4.61. The largest absolute Gasteiger partial charge is 0.415 e. The summed E-state index contributed by atoms with van der Waals surface area (Å²) in [5.41, 5.74) is 0.0559. The molecule has 1 heterocycles. The number of amides is 1. The Labute approximate surface area is 125 Å².